The number of fused-ring (bicyclic) bond motifs is 3. The Morgan fingerprint density at radius 2 is 1.73 bits per heavy atom. The second-order valence-electron chi connectivity index (χ2n) is 9.27. The third kappa shape index (κ3) is 3.74. The summed E-state index contributed by atoms with van der Waals surface area (Å²) in [6.07, 6.45) is 2.46. The summed E-state index contributed by atoms with van der Waals surface area (Å²) in [7, 11) is 1.99. The highest BCUT2D eigenvalue weighted by Crippen LogP contribution is 2.33. The maximum atomic E-state index is 11.3. The van der Waals surface area contributed by atoms with Gasteiger partial charge in [0.15, 0.2) is 0 Å². The van der Waals surface area contributed by atoms with Crippen LogP contribution in [-0.2, 0) is 5.41 Å². The molecule has 0 aliphatic heterocycles. The Hall–Kier alpha value is -4.06. The largest absolute Gasteiger partial charge is 0.329 e. The third-order valence-corrected chi connectivity index (χ3v) is 6.03. The number of hydrogen-bond acceptors (Lipinski definition) is 5. The monoisotopic (exact) mass is 435 g/mol. The molecule has 164 valence electrons. The topological polar surface area (TPSA) is 63.4 Å². The average molecular weight is 436 g/mol. The fraction of sp³-hybridized carbons (Fsp3) is 0.185. The van der Waals surface area contributed by atoms with Gasteiger partial charge in [-0.2, -0.15) is 4.98 Å². The van der Waals surface area contributed by atoms with E-state index in [4.69, 9.17) is 4.98 Å². The Morgan fingerprint density at radius 3 is 2.45 bits per heavy atom. The molecule has 0 fully saturated rings. The third-order valence-electron chi connectivity index (χ3n) is 6.03. The normalized spacial score (nSPS) is 11.8. The number of aldehydes is 1. The molecule has 0 aliphatic rings. The zero-order chi connectivity index (χ0) is 23.2. The fourth-order valence-electron chi connectivity index (χ4n) is 4.08. The SMILES string of the molecule is CN(c1cccc(-c2ccc(C(C)(C)C)cc2)c1)c1nc2nncn2c2cc(C=O)ccc12. The molecular weight excluding hydrogens is 410 g/mol. The lowest BCUT2D eigenvalue weighted by Crippen LogP contribution is -2.13. The van der Waals surface area contributed by atoms with Crippen LogP contribution in [0.25, 0.3) is 27.8 Å². The highest BCUT2D eigenvalue weighted by Gasteiger charge is 2.16. The van der Waals surface area contributed by atoms with Crippen LogP contribution in [0.5, 0.6) is 0 Å². The van der Waals surface area contributed by atoms with Crippen LogP contribution >= 0.6 is 0 Å². The number of benzene rings is 3. The molecule has 0 saturated carbocycles. The molecule has 6 heteroatoms. The number of rotatable bonds is 4. The van der Waals surface area contributed by atoms with Gasteiger partial charge in [-0.1, -0.05) is 63.2 Å². The van der Waals surface area contributed by atoms with Gasteiger partial charge < -0.3 is 4.90 Å². The minimum atomic E-state index is 0.122. The van der Waals surface area contributed by atoms with Crippen LogP contribution in [0.2, 0.25) is 0 Å². The maximum Gasteiger partial charge on any atom is 0.257 e. The highest BCUT2D eigenvalue weighted by atomic mass is 16.1. The van der Waals surface area contributed by atoms with Gasteiger partial charge in [-0.15, -0.1) is 10.2 Å². The van der Waals surface area contributed by atoms with E-state index in [1.807, 2.05) is 24.1 Å². The molecule has 0 amide bonds. The van der Waals surface area contributed by atoms with E-state index in [-0.39, 0.29) is 5.41 Å². The van der Waals surface area contributed by atoms with Gasteiger partial charge in [0.2, 0.25) is 0 Å². The van der Waals surface area contributed by atoms with E-state index >= 15 is 0 Å². The van der Waals surface area contributed by atoms with Gasteiger partial charge in [0.25, 0.3) is 5.78 Å². The molecular formula is C27H25N5O. The van der Waals surface area contributed by atoms with Crippen LogP contribution in [0.4, 0.5) is 11.5 Å². The number of nitrogens with zero attached hydrogens (tertiary/aromatic N) is 5. The smallest absolute Gasteiger partial charge is 0.257 e. The average Bonchev–Trinajstić information content (AvgIpc) is 3.31. The van der Waals surface area contributed by atoms with Crippen LogP contribution in [0.3, 0.4) is 0 Å². The Bertz CT molecular complexity index is 1480. The van der Waals surface area contributed by atoms with Crippen molar-refractivity contribution in [3.05, 3.63) is 84.2 Å². The van der Waals surface area contributed by atoms with E-state index in [1.54, 1.807) is 16.8 Å². The molecule has 0 atom stereocenters. The summed E-state index contributed by atoms with van der Waals surface area (Å²) in [6, 6.07) is 22.7. The van der Waals surface area contributed by atoms with E-state index < -0.39 is 0 Å². The molecule has 0 N–H and O–H groups in total. The minimum Gasteiger partial charge on any atom is -0.329 e. The van der Waals surface area contributed by atoms with Crippen molar-refractivity contribution >= 4 is 34.5 Å². The Labute approximate surface area is 192 Å². The zero-order valence-electron chi connectivity index (χ0n) is 19.1. The molecule has 0 aliphatic carbocycles. The lowest BCUT2D eigenvalue weighted by Gasteiger charge is -2.22. The van der Waals surface area contributed by atoms with Crippen LogP contribution in [-0.4, -0.2) is 32.9 Å². The van der Waals surface area contributed by atoms with Crippen molar-refractivity contribution in [2.75, 3.05) is 11.9 Å². The highest BCUT2D eigenvalue weighted by molar-refractivity contribution is 5.96. The molecule has 5 aromatic rings. The Kier molecular flexibility index (Phi) is 4.93. The van der Waals surface area contributed by atoms with Crippen molar-refractivity contribution in [3.63, 3.8) is 0 Å². The van der Waals surface area contributed by atoms with Gasteiger partial charge >= 0.3 is 0 Å². The second-order valence-corrected chi connectivity index (χ2v) is 9.27. The maximum absolute atomic E-state index is 11.3. The summed E-state index contributed by atoms with van der Waals surface area (Å²) >= 11 is 0. The van der Waals surface area contributed by atoms with Crippen molar-refractivity contribution in [3.8, 4) is 11.1 Å². The predicted molar refractivity (Wildman–Crippen MR) is 132 cm³/mol. The van der Waals surface area contributed by atoms with Crippen molar-refractivity contribution in [2.24, 2.45) is 0 Å². The standard InChI is InChI=1S/C27H25N5O/c1-27(2,3)21-11-9-19(10-12-21)20-6-5-7-22(15-20)31(4)25-23-13-8-18(16-33)14-24(23)32-17-28-30-26(32)29-25/h5-17H,1-4H3. The number of carbonyl (C=O) groups excluding carboxylic acids is 1. The molecule has 0 unspecified atom stereocenters. The molecule has 0 spiro atoms. The van der Waals surface area contributed by atoms with Gasteiger partial charge in [0.1, 0.15) is 18.4 Å². The summed E-state index contributed by atoms with van der Waals surface area (Å²) in [5.74, 6) is 1.24. The number of carbonyl (C=O) groups is 1. The van der Waals surface area contributed by atoms with Crippen molar-refractivity contribution in [2.45, 2.75) is 26.2 Å². The van der Waals surface area contributed by atoms with Crippen molar-refractivity contribution in [1.82, 2.24) is 19.6 Å². The number of hydrogen-bond donors (Lipinski definition) is 0. The molecule has 33 heavy (non-hydrogen) atoms. The molecule has 6 nitrogen and oxygen atoms in total. The first-order valence-electron chi connectivity index (χ1n) is 10.9. The van der Waals surface area contributed by atoms with Gasteiger partial charge in [-0.3, -0.25) is 9.20 Å². The number of anilines is 2. The van der Waals surface area contributed by atoms with E-state index in [0.29, 0.717) is 11.3 Å². The van der Waals surface area contributed by atoms with Crippen molar-refractivity contribution in [1.29, 1.82) is 0 Å². The first-order valence-corrected chi connectivity index (χ1v) is 10.9. The van der Waals surface area contributed by atoms with Crippen LogP contribution in [0.15, 0.2) is 73.1 Å². The first kappa shape index (κ1) is 20.8. The summed E-state index contributed by atoms with van der Waals surface area (Å²) in [6.45, 7) is 6.66. The van der Waals surface area contributed by atoms with E-state index in [0.717, 1.165) is 34.3 Å². The quantitative estimate of drug-likeness (QED) is 0.333. The Morgan fingerprint density at radius 1 is 0.939 bits per heavy atom. The van der Waals surface area contributed by atoms with Gasteiger partial charge in [-0.25, -0.2) is 0 Å². The van der Waals surface area contributed by atoms with E-state index in [9.17, 15) is 4.79 Å². The van der Waals surface area contributed by atoms with E-state index in [1.165, 1.54) is 11.1 Å². The molecule has 0 bridgehead atoms. The lowest BCUT2D eigenvalue weighted by molar-refractivity contribution is 0.112. The predicted octanol–water partition coefficient (Wildman–Crippen LogP) is 5.82. The summed E-state index contributed by atoms with van der Waals surface area (Å²) in [5.41, 5.74) is 6.17. The Balaban J connectivity index is 1.59. The summed E-state index contributed by atoms with van der Waals surface area (Å²) in [5, 5.41) is 9.06. The van der Waals surface area contributed by atoms with Crippen LogP contribution < -0.4 is 4.90 Å². The number of aromatic nitrogens is 4. The first-order chi connectivity index (χ1) is 15.8. The van der Waals surface area contributed by atoms with Gasteiger partial charge in [0, 0.05) is 23.7 Å². The zero-order valence-corrected chi connectivity index (χ0v) is 19.1. The van der Waals surface area contributed by atoms with E-state index in [2.05, 4.69) is 79.5 Å². The lowest BCUT2D eigenvalue weighted by atomic mass is 9.86. The molecule has 3 aromatic carbocycles. The van der Waals surface area contributed by atoms with Crippen LogP contribution in [0.1, 0.15) is 36.7 Å². The van der Waals surface area contributed by atoms with Crippen LogP contribution in [0, 0.1) is 0 Å². The molecule has 5 rings (SSSR count). The summed E-state index contributed by atoms with van der Waals surface area (Å²) in [4.78, 5) is 18.2. The minimum absolute atomic E-state index is 0.122. The van der Waals surface area contributed by atoms with Gasteiger partial charge in [-0.05, 0) is 46.4 Å². The molecule has 0 radical (unpaired) electrons. The summed E-state index contributed by atoms with van der Waals surface area (Å²) < 4.78 is 1.80. The molecule has 0 saturated heterocycles. The van der Waals surface area contributed by atoms with Crippen molar-refractivity contribution < 1.29 is 4.79 Å². The fourth-order valence-corrected chi connectivity index (χ4v) is 4.08. The second kappa shape index (κ2) is 7.81. The molecule has 2 heterocycles. The van der Waals surface area contributed by atoms with Gasteiger partial charge in [0.05, 0.1) is 5.52 Å². The molecule has 2 aromatic heterocycles.